The second-order valence-corrected chi connectivity index (χ2v) is 8.85. The average Bonchev–Trinajstić information content (AvgIpc) is 3.48. The van der Waals surface area contributed by atoms with Gasteiger partial charge in [-0.3, -0.25) is 4.79 Å². The highest BCUT2D eigenvalue weighted by atomic mass is 32.1. The summed E-state index contributed by atoms with van der Waals surface area (Å²) in [6.07, 6.45) is 0.719. The maximum atomic E-state index is 12.6. The number of aryl methyl sites for hydroxylation is 1. The highest BCUT2D eigenvalue weighted by Crippen LogP contribution is 2.37. The Morgan fingerprint density at radius 1 is 1.39 bits per heavy atom. The van der Waals surface area contributed by atoms with Gasteiger partial charge >= 0.3 is 6.09 Å². The lowest BCUT2D eigenvalue weighted by atomic mass is 10.0. The number of fused-ring (bicyclic) bond motifs is 1. The Bertz CT molecular complexity index is 1060. The van der Waals surface area contributed by atoms with Crippen LogP contribution in [0.3, 0.4) is 0 Å². The van der Waals surface area contributed by atoms with Crippen LogP contribution in [-0.2, 0) is 38.4 Å². The van der Waals surface area contributed by atoms with Gasteiger partial charge in [0.1, 0.15) is 36.3 Å². The molecule has 1 saturated heterocycles. The van der Waals surface area contributed by atoms with Crippen LogP contribution < -0.4 is 10.1 Å². The van der Waals surface area contributed by atoms with Gasteiger partial charge in [0.25, 0.3) is 0 Å². The number of nitrogens with zero attached hydrogens (tertiary/aromatic N) is 2. The van der Waals surface area contributed by atoms with Gasteiger partial charge in [-0.2, -0.15) is 5.26 Å². The van der Waals surface area contributed by atoms with Crippen molar-refractivity contribution in [3.8, 4) is 11.8 Å². The standard InChI is InChI=1S/C23H25N3O6S/c1-29-16-4-2-3-15(9-16)5-6-21(27)25-22-19(10-24)18-7-8-26(11-20(18)33-22)23(28)31-13-17-12-30-14-32-17/h2-4,9,17H,5-8,11-14H2,1H3,(H,25,27). The second-order valence-electron chi connectivity index (χ2n) is 7.75. The highest BCUT2D eigenvalue weighted by molar-refractivity contribution is 7.16. The van der Waals surface area contributed by atoms with Crippen molar-refractivity contribution in [3.05, 3.63) is 45.8 Å². The first-order valence-electron chi connectivity index (χ1n) is 10.7. The molecule has 0 saturated carbocycles. The van der Waals surface area contributed by atoms with E-state index in [4.69, 9.17) is 18.9 Å². The van der Waals surface area contributed by atoms with Crippen LogP contribution in [0.2, 0.25) is 0 Å². The number of nitriles is 1. The van der Waals surface area contributed by atoms with E-state index in [0.717, 1.165) is 21.8 Å². The molecule has 1 unspecified atom stereocenters. The molecule has 1 N–H and O–H groups in total. The summed E-state index contributed by atoms with van der Waals surface area (Å²) in [5.74, 6) is 0.584. The quantitative estimate of drug-likeness (QED) is 0.661. The van der Waals surface area contributed by atoms with Crippen molar-refractivity contribution in [2.45, 2.75) is 31.9 Å². The van der Waals surface area contributed by atoms with E-state index >= 15 is 0 Å². The number of benzene rings is 1. The number of amides is 2. The summed E-state index contributed by atoms with van der Waals surface area (Å²) in [5.41, 5.74) is 2.37. The molecule has 0 aliphatic carbocycles. The molecular weight excluding hydrogens is 446 g/mol. The first kappa shape index (κ1) is 23.0. The van der Waals surface area contributed by atoms with Gasteiger partial charge in [-0.05, 0) is 36.1 Å². The third-order valence-electron chi connectivity index (χ3n) is 5.54. The van der Waals surface area contributed by atoms with Crippen molar-refractivity contribution < 1.29 is 28.5 Å². The molecule has 2 aliphatic heterocycles. The molecule has 10 heteroatoms. The minimum Gasteiger partial charge on any atom is -0.497 e. The van der Waals surface area contributed by atoms with Crippen LogP contribution in [0.5, 0.6) is 5.75 Å². The Hall–Kier alpha value is -3.13. The molecule has 0 radical (unpaired) electrons. The molecule has 4 rings (SSSR count). The molecule has 1 aromatic carbocycles. The summed E-state index contributed by atoms with van der Waals surface area (Å²) in [6, 6.07) is 9.81. The first-order valence-corrected chi connectivity index (χ1v) is 11.5. The van der Waals surface area contributed by atoms with E-state index in [-0.39, 0.29) is 31.8 Å². The van der Waals surface area contributed by atoms with Crippen molar-refractivity contribution >= 4 is 28.3 Å². The maximum Gasteiger partial charge on any atom is 0.410 e. The van der Waals surface area contributed by atoms with Crippen molar-refractivity contribution in [2.75, 3.05) is 39.0 Å². The number of methoxy groups -OCH3 is 1. The van der Waals surface area contributed by atoms with Gasteiger partial charge in [0.2, 0.25) is 5.91 Å². The topological polar surface area (TPSA) is 110 Å². The molecule has 1 atom stereocenters. The zero-order chi connectivity index (χ0) is 23.2. The molecule has 0 bridgehead atoms. The SMILES string of the molecule is COc1cccc(CCC(=O)Nc2sc3c(c2C#N)CCN(C(=O)OCC2COCO2)C3)c1. The van der Waals surface area contributed by atoms with Crippen LogP contribution in [0, 0.1) is 11.3 Å². The van der Waals surface area contributed by atoms with E-state index < -0.39 is 6.09 Å². The van der Waals surface area contributed by atoms with Crippen molar-refractivity contribution in [1.29, 1.82) is 5.26 Å². The minimum absolute atomic E-state index is 0.144. The number of ether oxygens (including phenoxy) is 4. The number of hydrogen-bond acceptors (Lipinski definition) is 8. The van der Waals surface area contributed by atoms with E-state index in [1.54, 1.807) is 12.0 Å². The van der Waals surface area contributed by atoms with Crippen molar-refractivity contribution in [2.24, 2.45) is 0 Å². The van der Waals surface area contributed by atoms with Gasteiger partial charge in [-0.1, -0.05) is 12.1 Å². The minimum atomic E-state index is -0.424. The van der Waals surface area contributed by atoms with Gasteiger partial charge in [0, 0.05) is 17.8 Å². The number of hydrogen-bond donors (Lipinski definition) is 1. The molecule has 1 aromatic heterocycles. The number of nitrogens with one attached hydrogen (secondary N) is 1. The molecule has 33 heavy (non-hydrogen) atoms. The summed E-state index contributed by atoms with van der Waals surface area (Å²) in [7, 11) is 1.60. The molecule has 0 spiro atoms. The van der Waals surface area contributed by atoms with E-state index in [1.165, 1.54) is 11.3 Å². The zero-order valence-corrected chi connectivity index (χ0v) is 19.1. The Balaban J connectivity index is 1.35. The zero-order valence-electron chi connectivity index (χ0n) is 18.3. The molecule has 9 nitrogen and oxygen atoms in total. The number of thiophene rings is 1. The fourth-order valence-electron chi connectivity index (χ4n) is 3.76. The third kappa shape index (κ3) is 5.63. The summed E-state index contributed by atoms with van der Waals surface area (Å²) >= 11 is 1.34. The fraction of sp³-hybridized carbons (Fsp3) is 0.435. The molecule has 3 heterocycles. The summed E-state index contributed by atoms with van der Waals surface area (Å²) in [6.45, 7) is 1.56. The Labute approximate surface area is 195 Å². The van der Waals surface area contributed by atoms with E-state index in [9.17, 15) is 14.9 Å². The molecule has 1 fully saturated rings. The van der Waals surface area contributed by atoms with Gasteiger partial charge < -0.3 is 29.2 Å². The van der Waals surface area contributed by atoms with E-state index in [2.05, 4.69) is 11.4 Å². The van der Waals surface area contributed by atoms with Crippen LogP contribution in [0.1, 0.15) is 28.0 Å². The lowest BCUT2D eigenvalue weighted by Gasteiger charge is -2.26. The van der Waals surface area contributed by atoms with Gasteiger partial charge in [-0.15, -0.1) is 11.3 Å². The fourth-order valence-corrected chi connectivity index (χ4v) is 4.99. The second kappa shape index (κ2) is 10.7. The third-order valence-corrected chi connectivity index (χ3v) is 6.67. The lowest BCUT2D eigenvalue weighted by molar-refractivity contribution is -0.116. The first-order chi connectivity index (χ1) is 16.1. The summed E-state index contributed by atoms with van der Waals surface area (Å²) < 4.78 is 20.9. The molecular formula is C23H25N3O6S. The largest absolute Gasteiger partial charge is 0.497 e. The predicted octanol–water partition coefficient (Wildman–Crippen LogP) is 3.07. The van der Waals surface area contributed by atoms with Gasteiger partial charge in [0.15, 0.2) is 0 Å². The average molecular weight is 472 g/mol. The number of carbonyl (C=O) groups excluding carboxylic acids is 2. The van der Waals surface area contributed by atoms with Crippen LogP contribution in [-0.4, -0.2) is 56.7 Å². The van der Waals surface area contributed by atoms with Crippen LogP contribution >= 0.6 is 11.3 Å². The molecule has 2 aromatic rings. The molecule has 174 valence electrons. The van der Waals surface area contributed by atoms with Gasteiger partial charge in [0.05, 0.1) is 25.8 Å². The Kier molecular flexibility index (Phi) is 7.44. The number of rotatable bonds is 7. The molecule has 2 amide bonds. The van der Waals surface area contributed by atoms with Crippen molar-refractivity contribution in [3.63, 3.8) is 0 Å². The Morgan fingerprint density at radius 3 is 3.03 bits per heavy atom. The van der Waals surface area contributed by atoms with Gasteiger partial charge in [-0.25, -0.2) is 4.79 Å². The monoisotopic (exact) mass is 471 g/mol. The van der Waals surface area contributed by atoms with E-state index in [0.29, 0.717) is 43.1 Å². The predicted molar refractivity (Wildman–Crippen MR) is 120 cm³/mol. The summed E-state index contributed by atoms with van der Waals surface area (Å²) in [5, 5.41) is 13.1. The number of anilines is 1. The lowest BCUT2D eigenvalue weighted by Crippen LogP contribution is -2.37. The van der Waals surface area contributed by atoms with Crippen LogP contribution in [0.15, 0.2) is 24.3 Å². The van der Waals surface area contributed by atoms with Crippen molar-refractivity contribution in [1.82, 2.24) is 4.90 Å². The maximum absolute atomic E-state index is 12.6. The smallest absolute Gasteiger partial charge is 0.410 e. The molecule has 2 aliphatic rings. The van der Waals surface area contributed by atoms with Crippen LogP contribution in [0.25, 0.3) is 0 Å². The van der Waals surface area contributed by atoms with Crippen LogP contribution in [0.4, 0.5) is 9.80 Å². The Morgan fingerprint density at radius 2 is 2.27 bits per heavy atom. The number of carbonyl (C=O) groups is 2. The summed E-state index contributed by atoms with van der Waals surface area (Å²) in [4.78, 5) is 27.5. The normalized spacial score (nSPS) is 17.2. The highest BCUT2D eigenvalue weighted by Gasteiger charge is 2.29. The van der Waals surface area contributed by atoms with E-state index in [1.807, 2.05) is 24.3 Å².